The van der Waals surface area contributed by atoms with Crippen LogP contribution in [0.1, 0.15) is 17.8 Å². The van der Waals surface area contributed by atoms with Gasteiger partial charge in [0.05, 0.1) is 18.4 Å². The van der Waals surface area contributed by atoms with E-state index in [1.165, 1.54) is 18.2 Å². The van der Waals surface area contributed by atoms with E-state index in [9.17, 15) is 8.78 Å². The molecule has 2 aliphatic heterocycles. The van der Waals surface area contributed by atoms with Crippen LogP contribution in [0.2, 0.25) is 0 Å². The number of likely N-dealkylation sites (tertiary alicyclic amines) is 1. The summed E-state index contributed by atoms with van der Waals surface area (Å²) in [4.78, 5) is 6.81. The zero-order valence-corrected chi connectivity index (χ0v) is 15.4. The molecule has 2 aliphatic rings. The Balaban J connectivity index is 1.35. The lowest BCUT2D eigenvalue weighted by Gasteiger charge is -2.35. The molecule has 0 unspecified atom stereocenters. The van der Waals surface area contributed by atoms with Gasteiger partial charge in [0.2, 0.25) is 0 Å². The number of benzene rings is 2. The zero-order chi connectivity index (χ0) is 19.1. The number of rotatable bonds is 3. The second-order valence-electron chi connectivity index (χ2n) is 7.71. The van der Waals surface area contributed by atoms with Gasteiger partial charge in [-0.25, -0.2) is 13.8 Å². The quantitative estimate of drug-likeness (QED) is 0.687. The predicted molar refractivity (Wildman–Crippen MR) is 101 cm³/mol. The summed E-state index contributed by atoms with van der Waals surface area (Å²) in [6.07, 6.45) is 2.76. The molecule has 0 amide bonds. The minimum atomic E-state index is -0.268. The first-order valence-electron chi connectivity index (χ1n) is 9.51. The van der Waals surface area contributed by atoms with Crippen LogP contribution >= 0.6 is 0 Å². The van der Waals surface area contributed by atoms with E-state index in [4.69, 9.17) is 4.74 Å². The van der Waals surface area contributed by atoms with Gasteiger partial charge in [-0.3, -0.25) is 4.90 Å². The Kier molecular flexibility index (Phi) is 4.25. The average Bonchev–Trinajstić information content (AvgIpc) is 3.27. The number of nitrogens with zero attached hydrogens (tertiary/aromatic N) is 3. The van der Waals surface area contributed by atoms with Crippen molar-refractivity contribution in [3.63, 3.8) is 0 Å². The first-order valence-corrected chi connectivity index (χ1v) is 9.51. The monoisotopic (exact) mass is 381 g/mol. The minimum Gasteiger partial charge on any atom is -0.364 e. The molecule has 0 N–H and O–H groups in total. The fourth-order valence-corrected chi connectivity index (χ4v) is 4.31. The van der Waals surface area contributed by atoms with Crippen molar-refractivity contribution in [1.82, 2.24) is 14.5 Å². The molecular weight excluding hydrogens is 360 g/mol. The van der Waals surface area contributed by atoms with Gasteiger partial charge in [-0.2, -0.15) is 0 Å². The third kappa shape index (κ3) is 3.23. The smallest absolute Gasteiger partial charge is 0.135 e. The number of fused-ring (bicyclic) bond motifs is 1. The predicted octanol–water partition coefficient (Wildman–Crippen LogP) is 4.00. The van der Waals surface area contributed by atoms with Crippen LogP contribution in [0, 0.1) is 11.6 Å². The number of halogens is 2. The first-order chi connectivity index (χ1) is 13.6. The maximum absolute atomic E-state index is 13.5. The van der Waals surface area contributed by atoms with Gasteiger partial charge < -0.3 is 9.30 Å². The molecule has 1 saturated heterocycles. The van der Waals surface area contributed by atoms with Gasteiger partial charge in [0, 0.05) is 19.6 Å². The van der Waals surface area contributed by atoms with Crippen molar-refractivity contribution in [2.24, 2.45) is 0 Å². The number of hydrogen-bond donors (Lipinski definition) is 0. The van der Waals surface area contributed by atoms with Gasteiger partial charge in [-0.15, -0.1) is 0 Å². The molecule has 2 aromatic carbocycles. The molecule has 3 aromatic rings. The van der Waals surface area contributed by atoms with E-state index >= 15 is 0 Å². The van der Waals surface area contributed by atoms with Crippen molar-refractivity contribution in [1.29, 1.82) is 0 Å². The van der Waals surface area contributed by atoms with Crippen molar-refractivity contribution in [2.45, 2.75) is 31.7 Å². The summed E-state index contributed by atoms with van der Waals surface area (Å²) >= 11 is 0. The van der Waals surface area contributed by atoms with E-state index in [-0.39, 0.29) is 17.2 Å². The second kappa shape index (κ2) is 6.79. The second-order valence-corrected chi connectivity index (χ2v) is 7.71. The highest BCUT2D eigenvalue weighted by Gasteiger charge is 2.43. The van der Waals surface area contributed by atoms with Crippen LogP contribution in [0.25, 0.3) is 11.3 Å². The highest BCUT2D eigenvalue weighted by molar-refractivity contribution is 5.59. The Morgan fingerprint density at radius 3 is 2.71 bits per heavy atom. The van der Waals surface area contributed by atoms with Crippen molar-refractivity contribution in [2.75, 3.05) is 13.1 Å². The normalized spacial score (nSPS) is 21.9. The van der Waals surface area contributed by atoms with E-state index < -0.39 is 0 Å². The molecule has 4 nitrogen and oxygen atoms in total. The van der Waals surface area contributed by atoms with E-state index in [0.717, 1.165) is 42.2 Å². The largest absolute Gasteiger partial charge is 0.364 e. The van der Waals surface area contributed by atoms with Gasteiger partial charge in [0.1, 0.15) is 29.7 Å². The molecule has 1 atom stereocenters. The van der Waals surface area contributed by atoms with Gasteiger partial charge in [0.25, 0.3) is 0 Å². The molecule has 1 fully saturated rings. The van der Waals surface area contributed by atoms with Crippen LogP contribution in [0.15, 0.2) is 54.7 Å². The van der Waals surface area contributed by atoms with Gasteiger partial charge in [-0.05, 0) is 53.9 Å². The maximum Gasteiger partial charge on any atom is 0.135 e. The number of hydrogen-bond acceptors (Lipinski definition) is 3. The van der Waals surface area contributed by atoms with Crippen molar-refractivity contribution in [3.8, 4) is 11.3 Å². The number of imidazole rings is 1. The average molecular weight is 381 g/mol. The molecule has 0 bridgehead atoms. The third-order valence-electron chi connectivity index (χ3n) is 5.72. The van der Waals surface area contributed by atoms with E-state index in [0.29, 0.717) is 19.7 Å². The van der Waals surface area contributed by atoms with Crippen molar-refractivity contribution < 1.29 is 13.5 Å². The Labute approximate surface area is 162 Å². The molecular formula is C22H21F2N3O. The molecule has 0 radical (unpaired) electrons. The lowest BCUT2D eigenvalue weighted by atomic mass is 10.0. The number of aromatic nitrogens is 2. The highest BCUT2D eigenvalue weighted by atomic mass is 19.1. The molecule has 0 saturated carbocycles. The molecule has 3 heterocycles. The molecule has 28 heavy (non-hydrogen) atoms. The van der Waals surface area contributed by atoms with E-state index in [2.05, 4.69) is 14.5 Å². The summed E-state index contributed by atoms with van der Waals surface area (Å²) in [5.74, 6) is 0.451. The molecule has 1 spiro atoms. The van der Waals surface area contributed by atoms with Gasteiger partial charge in [-0.1, -0.05) is 12.1 Å². The van der Waals surface area contributed by atoms with Crippen molar-refractivity contribution in [3.05, 3.63) is 77.8 Å². The van der Waals surface area contributed by atoms with Crippen LogP contribution in [-0.4, -0.2) is 33.1 Å². The molecule has 6 heteroatoms. The SMILES string of the molecule is Fc1ccc(-c2cnc3n2C[C@@]2(CCN(Cc4cccc(F)c4)C2)OC3)cc1. The summed E-state index contributed by atoms with van der Waals surface area (Å²) < 4.78 is 35.2. The Hall–Kier alpha value is -2.57. The minimum absolute atomic E-state index is 0.202. The molecule has 1 aromatic heterocycles. The fraction of sp³-hybridized carbons (Fsp3) is 0.318. The maximum atomic E-state index is 13.5. The first kappa shape index (κ1) is 17.5. The summed E-state index contributed by atoms with van der Waals surface area (Å²) in [7, 11) is 0. The Bertz CT molecular complexity index is 1000. The summed E-state index contributed by atoms with van der Waals surface area (Å²) in [6, 6.07) is 13.3. The van der Waals surface area contributed by atoms with Gasteiger partial charge in [0.15, 0.2) is 0 Å². The van der Waals surface area contributed by atoms with Crippen LogP contribution in [-0.2, 0) is 24.4 Å². The fourth-order valence-electron chi connectivity index (χ4n) is 4.31. The van der Waals surface area contributed by atoms with Crippen LogP contribution in [0.3, 0.4) is 0 Å². The summed E-state index contributed by atoms with van der Waals surface area (Å²) in [5, 5.41) is 0. The highest BCUT2D eigenvalue weighted by Crippen LogP contribution is 2.35. The lowest BCUT2D eigenvalue weighted by Crippen LogP contribution is -2.44. The Morgan fingerprint density at radius 1 is 1.04 bits per heavy atom. The van der Waals surface area contributed by atoms with E-state index in [1.54, 1.807) is 24.3 Å². The summed E-state index contributed by atoms with van der Waals surface area (Å²) in [6.45, 7) is 3.60. The topological polar surface area (TPSA) is 30.3 Å². The summed E-state index contributed by atoms with van der Waals surface area (Å²) in [5.41, 5.74) is 2.65. The lowest BCUT2D eigenvalue weighted by molar-refractivity contribution is -0.0821. The Morgan fingerprint density at radius 2 is 1.89 bits per heavy atom. The van der Waals surface area contributed by atoms with E-state index in [1.807, 2.05) is 12.3 Å². The van der Waals surface area contributed by atoms with Crippen LogP contribution < -0.4 is 0 Å². The molecule has 144 valence electrons. The standard InChI is InChI=1S/C22H21F2N3O/c23-18-6-4-17(5-7-18)20-11-25-21-13-28-22(15-27(20)21)8-9-26(14-22)12-16-2-1-3-19(24)10-16/h1-7,10-11H,8-9,12-15H2/t22-/m0/s1. The third-order valence-corrected chi connectivity index (χ3v) is 5.72. The van der Waals surface area contributed by atoms with Crippen LogP contribution in [0.5, 0.6) is 0 Å². The van der Waals surface area contributed by atoms with Crippen molar-refractivity contribution >= 4 is 0 Å². The van der Waals surface area contributed by atoms with Gasteiger partial charge >= 0.3 is 0 Å². The molecule has 0 aliphatic carbocycles. The zero-order valence-electron chi connectivity index (χ0n) is 15.4. The van der Waals surface area contributed by atoms with Crippen LogP contribution in [0.4, 0.5) is 8.78 Å². The number of ether oxygens (including phenoxy) is 1. The molecule has 5 rings (SSSR count).